The van der Waals surface area contributed by atoms with Crippen LogP contribution in [0.15, 0.2) is 18.2 Å². The van der Waals surface area contributed by atoms with Crippen molar-refractivity contribution >= 4 is 5.91 Å². The molecular weight excluding hydrogens is 380 g/mol. The van der Waals surface area contributed by atoms with Crippen molar-refractivity contribution in [2.75, 3.05) is 46.6 Å². The molecule has 1 heterocycles. The fraction of sp³-hybridized carbons (Fsp3) is 0.708. The Morgan fingerprint density at radius 1 is 1.27 bits per heavy atom. The number of aliphatic hydroxyl groups is 1. The van der Waals surface area contributed by atoms with Crippen LogP contribution in [0.3, 0.4) is 0 Å². The molecule has 0 spiro atoms. The minimum atomic E-state index is -0.661. The van der Waals surface area contributed by atoms with Gasteiger partial charge in [0.15, 0.2) is 0 Å². The first-order valence-corrected chi connectivity index (χ1v) is 11.5. The Morgan fingerprint density at radius 3 is 2.80 bits per heavy atom. The molecule has 1 aromatic rings. The highest BCUT2D eigenvalue weighted by Gasteiger charge is 2.32. The van der Waals surface area contributed by atoms with Crippen LogP contribution in [0.1, 0.15) is 61.8 Å². The van der Waals surface area contributed by atoms with E-state index in [1.807, 2.05) is 4.90 Å². The second-order valence-corrected chi connectivity index (χ2v) is 8.70. The second-order valence-electron chi connectivity index (χ2n) is 8.70. The number of aryl methyl sites for hydroxylation is 1. The van der Waals surface area contributed by atoms with Gasteiger partial charge in [-0.1, -0.05) is 44.4 Å². The molecule has 6 heteroatoms. The van der Waals surface area contributed by atoms with E-state index in [-0.39, 0.29) is 18.5 Å². The molecule has 1 aliphatic heterocycles. The maximum atomic E-state index is 13.1. The lowest BCUT2D eigenvalue weighted by Gasteiger charge is -2.38. The van der Waals surface area contributed by atoms with Gasteiger partial charge in [-0.05, 0) is 42.4 Å². The maximum absolute atomic E-state index is 13.1. The number of benzene rings is 1. The molecular formula is C24H38N2O4. The number of amides is 1. The number of carbonyl (C=O) groups excluding carboxylic acids is 1. The van der Waals surface area contributed by atoms with Gasteiger partial charge < -0.3 is 24.8 Å². The monoisotopic (exact) mass is 418 g/mol. The summed E-state index contributed by atoms with van der Waals surface area (Å²) in [5.74, 6) is 0.0716. The van der Waals surface area contributed by atoms with Crippen LogP contribution in [-0.2, 0) is 27.1 Å². The summed E-state index contributed by atoms with van der Waals surface area (Å²) in [7, 11) is 1.66. The lowest BCUT2D eigenvalue weighted by Crippen LogP contribution is -2.49. The summed E-state index contributed by atoms with van der Waals surface area (Å²) in [5, 5.41) is 13.9. The summed E-state index contributed by atoms with van der Waals surface area (Å²) in [6.07, 6.45) is 6.80. The Bertz CT molecular complexity index is 688. The van der Waals surface area contributed by atoms with Gasteiger partial charge in [-0.2, -0.15) is 0 Å². The molecule has 1 saturated carbocycles. The average Bonchev–Trinajstić information content (AvgIpc) is 2.76. The van der Waals surface area contributed by atoms with E-state index in [2.05, 4.69) is 30.4 Å². The number of rotatable bonds is 10. The number of nitrogens with one attached hydrogen (secondary N) is 1. The third-order valence-electron chi connectivity index (χ3n) is 6.52. The van der Waals surface area contributed by atoms with E-state index in [0.29, 0.717) is 32.9 Å². The van der Waals surface area contributed by atoms with E-state index in [4.69, 9.17) is 9.47 Å². The highest BCUT2D eigenvalue weighted by Crippen LogP contribution is 2.31. The molecule has 3 rings (SSSR count). The summed E-state index contributed by atoms with van der Waals surface area (Å²) in [5.41, 5.74) is 3.13. The molecule has 0 saturated heterocycles. The molecule has 0 radical (unpaired) electrons. The van der Waals surface area contributed by atoms with Crippen LogP contribution in [0.25, 0.3) is 0 Å². The fourth-order valence-corrected chi connectivity index (χ4v) is 4.67. The minimum Gasteiger partial charge on any atom is -0.389 e. The molecule has 0 aromatic heterocycles. The third kappa shape index (κ3) is 6.03. The molecule has 6 nitrogen and oxygen atoms in total. The Hall–Kier alpha value is -1.47. The van der Waals surface area contributed by atoms with Crippen LogP contribution in [0.4, 0.5) is 0 Å². The SMILES string of the molecule is CCc1ccc2c(c1)C(COCCOC)N(C(=O)CNCC1(O)CCCCC1)CC2. The molecule has 168 valence electrons. The topological polar surface area (TPSA) is 71.0 Å². The lowest BCUT2D eigenvalue weighted by molar-refractivity contribution is -0.135. The van der Waals surface area contributed by atoms with Gasteiger partial charge in [0, 0.05) is 20.2 Å². The zero-order valence-electron chi connectivity index (χ0n) is 18.6. The summed E-state index contributed by atoms with van der Waals surface area (Å²) in [6, 6.07) is 6.54. The molecule has 1 atom stereocenters. The normalized spacial score (nSPS) is 20.8. The zero-order chi connectivity index (χ0) is 21.4. The third-order valence-corrected chi connectivity index (χ3v) is 6.52. The summed E-state index contributed by atoms with van der Waals surface area (Å²) in [6.45, 7) is 5.11. The van der Waals surface area contributed by atoms with Gasteiger partial charge in [-0.25, -0.2) is 0 Å². The average molecular weight is 419 g/mol. The van der Waals surface area contributed by atoms with E-state index in [1.165, 1.54) is 23.1 Å². The highest BCUT2D eigenvalue weighted by molar-refractivity contribution is 5.79. The molecule has 1 amide bonds. The van der Waals surface area contributed by atoms with Crippen LogP contribution in [0.2, 0.25) is 0 Å². The van der Waals surface area contributed by atoms with Gasteiger partial charge in [0.1, 0.15) is 0 Å². The Morgan fingerprint density at radius 2 is 2.07 bits per heavy atom. The molecule has 0 bridgehead atoms. The van der Waals surface area contributed by atoms with Crippen molar-refractivity contribution in [2.45, 2.75) is 63.5 Å². The van der Waals surface area contributed by atoms with Crippen molar-refractivity contribution in [2.24, 2.45) is 0 Å². The van der Waals surface area contributed by atoms with Gasteiger partial charge in [0.2, 0.25) is 5.91 Å². The predicted octanol–water partition coefficient (Wildman–Crippen LogP) is 2.62. The Labute approximate surface area is 180 Å². The van der Waals surface area contributed by atoms with Crippen LogP contribution >= 0.6 is 0 Å². The number of hydrogen-bond donors (Lipinski definition) is 2. The molecule has 1 aromatic carbocycles. The van der Waals surface area contributed by atoms with E-state index >= 15 is 0 Å². The van der Waals surface area contributed by atoms with Crippen molar-refractivity contribution in [3.05, 3.63) is 34.9 Å². The van der Waals surface area contributed by atoms with Gasteiger partial charge in [0.25, 0.3) is 0 Å². The van der Waals surface area contributed by atoms with Crippen LogP contribution in [0, 0.1) is 0 Å². The molecule has 1 fully saturated rings. The van der Waals surface area contributed by atoms with Crippen molar-refractivity contribution in [1.29, 1.82) is 0 Å². The van der Waals surface area contributed by atoms with Crippen molar-refractivity contribution in [3.8, 4) is 0 Å². The van der Waals surface area contributed by atoms with Gasteiger partial charge >= 0.3 is 0 Å². The Balaban J connectivity index is 1.65. The Kier molecular flexibility index (Phi) is 8.69. The standard InChI is InChI=1S/C24H38N2O4/c1-3-19-7-8-20-9-12-26(22(21(20)15-19)17-30-14-13-29-2)23(27)16-25-18-24(28)10-5-4-6-11-24/h7-8,15,22,25,28H,3-6,9-14,16-18H2,1-2H3. The number of methoxy groups -OCH3 is 1. The maximum Gasteiger partial charge on any atom is 0.237 e. The quantitative estimate of drug-likeness (QED) is 0.572. The smallest absolute Gasteiger partial charge is 0.237 e. The number of fused-ring (bicyclic) bond motifs is 1. The van der Waals surface area contributed by atoms with E-state index in [9.17, 15) is 9.90 Å². The molecule has 2 N–H and O–H groups in total. The zero-order valence-corrected chi connectivity index (χ0v) is 18.6. The van der Waals surface area contributed by atoms with E-state index in [1.54, 1.807) is 7.11 Å². The minimum absolute atomic E-state index is 0.0716. The van der Waals surface area contributed by atoms with E-state index < -0.39 is 5.60 Å². The van der Waals surface area contributed by atoms with E-state index in [0.717, 1.165) is 38.5 Å². The van der Waals surface area contributed by atoms with Crippen LogP contribution in [0.5, 0.6) is 0 Å². The first kappa shape index (κ1) is 23.2. The molecule has 30 heavy (non-hydrogen) atoms. The van der Waals surface area contributed by atoms with Crippen molar-refractivity contribution in [3.63, 3.8) is 0 Å². The first-order valence-electron chi connectivity index (χ1n) is 11.5. The predicted molar refractivity (Wildman–Crippen MR) is 118 cm³/mol. The first-order chi connectivity index (χ1) is 14.6. The van der Waals surface area contributed by atoms with Gasteiger partial charge in [-0.15, -0.1) is 0 Å². The van der Waals surface area contributed by atoms with Crippen LogP contribution in [-0.4, -0.2) is 68.1 Å². The van der Waals surface area contributed by atoms with Crippen molar-refractivity contribution < 1.29 is 19.4 Å². The summed E-state index contributed by atoms with van der Waals surface area (Å²) < 4.78 is 11.0. The highest BCUT2D eigenvalue weighted by atomic mass is 16.5. The number of hydrogen-bond acceptors (Lipinski definition) is 5. The number of carbonyl (C=O) groups is 1. The lowest BCUT2D eigenvalue weighted by atomic mass is 9.85. The van der Waals surface area contributed by atoms with Crippen molar-refractivity contribution in [1.82, 2.24) is 10.2 Å². The fourth-order valence-electron chi connectivity index (χ4n) is 4.67. The number of nitrogens with zero attached hydrogens (tertiary/aromatic N) is 1. The molecule has 1 unspecified atom stereocenters. The molecule has 1 aliphatic carbocycles. The van der Waals surface area contributed by atoms with Crippen LogP contribution < -0.4 is 5.32 Å². The van der Waals surface area contributed by atoms with Gasteiger partial charge in [0.05, 0.1) is 38.0 Å². The second kappa shape index (κ2) is 11.2. The number of ether oxygens (including phenoxy) is 2. The largest absolute Gasteiger partial charge is 0.389 e. The van der Waals surface area contributed by atoms with Gasteiger partial charge in [-0.3, -0.25) is 4.79 Å². The summed E-state index contributed by atoms with van der Waals surface area (Å²) >= 11 is 0. The summed E-state index contributed by atoms with van der Waals surface area (Å²) in [4.78, 5) is 15.1. The molecule has 2 aliphatic rings.